The highest BCUT2D eigenvalue weighted by Crippen LogP contribution is 2.24. The smallest absolute Gasteiger partial charge is 0.340 e. The van der Waals surface area contributed by atoms with E-state index in [2.05, 4.69) is 27.6 Å². The number of benzene rings is 2. The number of nitrogens with two attached hydrogens (primary N) is 1. The monoisotopic (exact) mass is 454 g/mol. The predicted octanol–water partition coefficient (Wildman–Crippen LogP) is 4.49. The van der Waals surface area contributed by atoms with Gasteiger partial charge in [0, 0.05) is 20.2 Å². The first kappa shape index (κ1) is 16.8. The first-order valence-corrected chi connectivity index (χ1v) is 8.91. The van der Waals surface area contributed by atoms with E-state index in [9.17, 15) is 9.18 Å². The number of ether oxygens (including phenoxy) is 1. The van der Waals surface area contributed by atoms with Gasteiger partial charge in [0.1, 0.15) is 17.4 Å². The fourth-order valence-electron chi connectivity index (χ4n) is 2.02. The van der Waals surface area contributed by atoms with E-state index in [0.717, 1.165) is 14.1 Å². The van der Waals surface area contributed by atoms with Crippen molar-refractivity contribution in [3.05, 3.63) is 68.5 Å². The lowest BCUT2D eigenvalue weighted by Gasteiger charge is -2.06. The van der Waals surface area contributed by atoms with Crippen LogP contribution in [0.15, 0.2) is 47.8 Å². The maximum absolute atomic E-state index is 13.0. The molecular formula is C17H12FIN2O2S. The molecule has 3 rings (SSSR count). The summed E-state index contributed by atoms with van der Waals surface area (Å²) < 4.78 is 19.1. The van der Waals surface area contributed by atoms with Gasteiger partial charge in [-0.2, -0.15) is 0 Å². The minimum Gasteiger partial charge on any atom is -0.455 e. The van der Waals surface area contributed by atoms with E-state index in [4.69, 9.17) is 10.5 Å². The van der Waals surface area contributed by atoms with Crippen molar-refractivity contribution in [1.82, 2.24) is 4.98 Å². The van der Waals surface area contributed by atoms with Gasteiger partial charge in [0.15, 0.2) is 0 Å². The van der Waals surface area contributed by atoms with Crippen molar-refractivity contribution in [3.63, 3.8) is 0 Å². The quantitative estimate of drug-likeness (QED) is 0.359. The average Bonchev–Trinajstić information content (AvgIpc) is 3.04. The zero-order valence-corrected chi connectivity index (χ0v) is 15.3. The number of carbonyl (C=O) groups excluding carboxylic acids is 1. The van der Waals surface area contributed by atoms with Crippen molar-refractivity contribution in [2.24, 2.45) is 0 Å². The maximum atomic E-state index is 13.0. The Kier molecular flexibility index (Phi) is 5.10. The van der Waals surface area contributed by atoms with E-state index in [1.165, 1.54) is 23.5 Å². The molecule has 0 spiro atoms. The number of nitrogen functional groups attached to an aromatic ring is 1. The molecule has 24 heavy (non-hydrogen) atoms. The van der Waals surface area contributed by atoms with Gasteiger partial charge in [-0.15, -0.1) is 11.3 Å². The molecule has 3 aromatic rings. The molecule has 0 radical (unpaired) electrons. The summed E-state index contributed by atoms with van der Waals surface area (Å²) in [5.41, 5.74) is 7.98. The number of aromatic nitrogens is 1. The van der Waals surface area contributed by atoms with Gasteiger partial charge in [0.05, 0.1) is 11.3 Å². The second kappa shape index (κ2) is 7.27. The Bertz CT molecular complexity index is 881. The van der Waals surface area contributed by atoms with Crippen molar-refractivity contribution in [2.45, 2.75) is 6.61 Å². The van der Waals surface area contributed by atoms with Gasteiger partial charge >= 0.3 is 5.97 Å². The molecule has 1 heterocycles. The highest BCUT2D eigenvalue weighted by atomic mass is 127. The van der Waals surface area contributed by atoms with Crippen LogP contribution in [0.4, 0.5) is 10.1 Å². The van der Waals surface area contributed by atoms with Crippen molar-refractivity contribution < 1.29 is 13.9 Å². The summed E-state index contributed by atoms with van der Waals surface area (Å²) in [6, 6.07) is 11.3. The number of thiazole rings is 1. The highest BCUT2D eigenvalue weighted by Gasteiger charge is 2.13. The van der Waals surface area contributed by atoms with Crippen LogP contribution in [0, 0.1) is 9.39 Å². The first-order valence-electron chi connectivity index (χ1n) is 6.95. The minimum atomic E-state index is -0.484. The van der Waals surface area contributed by atoms with E-state index < -0.39 is 5.97 Å². The molecule has 0 atom stereocenters. The van der Waals surface area contributed by atoms with Crippen LogP contribution in [0.25, 0.3) is 10.6 Å². The van der Waals surface area contributed by atoms with Crippen LogP contribution in [0.5, 0.6) is 0 Å². The summed E-state index contributed by atoms with van der Waals surface area (Å²) >= 11 is 3.52. The van der Waals surface area contributed by atoms with Crippen LogP contribution in [-0.2, 0) is 11.3 Å². The third-order valence-corrected chi connectivity index (χ3v) is 4.84. The number of nitrogens with zero attached hydrogens (tertiary/aromatic N) is 1. The van der Waals surface area contributed by atoms with E-state index in [-0.39, 0.29) is 12.4 Å². The largest absolute Gasteiger partial charge is 0.455 e. The van der Waals surface area contributed by atoms with E-state index in [1.807, 2.05) is 11.4 Å². The summed E-state index contributed by atoms with van der Waals surface area (Å²) in [5, 5.41) is 2.55. The Morgan fingerprint density at radius 3 is 2.75 bits per heavy atom. The number of anilines is 1. The van der Waals surface area contributed by atoms with Crippen LogP contribution >= 0.6 is 33.9 Å². The molecule has 0 aliphatic heterocycles. The molecule has 0 amide bonds. The zero-order chi connectivity index (χ0) is 17.1. The maximum Gasteiger partial charge on any atom is 0.340 e. The molecule has 4 nitrogen and oxygen atoms in total. The SMILES string of the molecule is Nc1ccc(I)cc1C(=O)OCc1csc(-c2ccc(F)cc2)n1. The van der Waals surface area contributed by atoms with Gasteiger partial charge in [-0.05, 0) is 65.1 Å². The van der Waals surface area contributed by atoms with Crippen LogP contribution in [-0.4, -0.2) is 11.0 Å². The van der Waals surface area contributed by atoms with Gasteiger partial charge < -0.3 is 10.5 Å². The lowest BCUT2D eigenvalue weighted by molar-refractivity contribution is 0.0469. The van der Waals surface area contributed by atoms with Crippen LogP contribution in [0.2, 0.25) is 0 Å². The lowest BCUT2D eigenvalue weighted by atomic mass is 10.2. The van der Waals surface area contributed by atoms with E-state index in [0.29, 0.717) is 16.9 Å². The fourth-order valence-corrected chi connectivity index (χ4v) is 3.32. The van der Waals surface area contributed by atoms with Gasteiger partial charge in [-0.3, -0.25) is 0 Å². The molecule has 0 saturated carbocycles. The Balaban J connectivity index is 1.68. The van der Waals surface area contributed by atoms with E-state index >= 15 is 0 Å². The Morgan fingerprint density at radius 1 is 1.25 bits per heavy atom. The Hall–Kier alpha value is -2.00. The second-order valence-electron chi connectivity index (χ2n) is 4.96. The summed E-state index contributed by atoms with van der Waals surface area (Å²) in [4.78, 5) is 16.5. The van der Waals surface area contributed by atoms with Crippen molar-refractivity contribution in [3.8, 4) is 10.6 Å². The van der Waals surface area contributed by atoms with Crippen molar-refractivity contribution in [2.75, 3.05) is 5.73 Å². The van der Waals surface area contributed by atoms with Crippen molar-refractivity contribution >= 4 is 45.6 Å². The number of hydrogen-bond acceptors (Lipinski definition) is 5. The molecule has 2 N–H and O–H groups in total. The van der Waals surface area contributed by atoms with E-state index in [1.54, 1.807) is 24.3 Å². The van der Waals surface area contributed by atoms with Crippen LogP contribution in [0.1, 0.15) is 16.1 Å². The molecule has 0 fully saturated rings. The van der Waals surface area contributed by atoms with Gasteiger partial charge in [-0.25, -0.2) is 14.2 Å². The first-order chi connectivity index (χ1) is 11.5. The third kappa shape index (κ3) is 3.90. The van der Waals surface area contributed by atoms with Gasteiger partial charge in [0.2, 0.25) is 0 Å². The average molecular weight is 454 g/mol. The molecule has 1 aromatic heterocycles. The summed E-state index contributed by atoms with van der Waals surface area (Å²) in [6.45, 7) is 0.0570. The van der Waals surface area contributed by atoms with Crippen LogP contribution < -0.4 is 5.73 Å². The summed E-state index contributed by atoms with van der Waals surface area (Å²) in [7, 11) is 0. The summed E-state index contributed by atoms with van der Waals surface area (Å²) in [6.07, 6.45) is 0. The number of hydrogen-bond donors (Lipinski definition) is 1. The molecule has 7 heteroatoms. The summed E-state index contributed by atoms with van der Waals surface area (Å²) in [5.74, 6) is -0.776. The molecule has 0 aliphatic rings. The number of esters is 1. The molecular weight excluding hydrogens is 442 g/mol. The Labute approximate surface area is 155 Å². The molecule has 0 unspecified atom stereocenters. The van der Waals surface area contributed by atoms with Crippen molar-refractivity contribution in [1.29, 1.82) is 0 Å². The molecule has 0 bridgehead atoms. The topological polar surface area (TPSA) is 65.2 Å². The molecule has 2 aromatic carbocycles. The number of rotatable bonds is 4. The minimum absolute atomic E-state index is 0.0570. The Morgan fingerprint density at radius 2 is 2.00 bits per heavy atom. The van der Waals surface area contributed by atoms with Crippen LogP contribution in [0.3, 0.4) is 0 Å². The lowest BCUT2D eigenvalue weighted by Crippen LogP contribution is -2.08. The number of carbonyl (C=O) groups is 1. The zero-order valence-electron chi connectivity index (χ0n) is 12.3. The fraction of sp³-hybridized carbons (Fsp3) is 0.0588. The third-order valence-electron chi connectivity index (χ3n) is 3.23. The van der Waals surface area contributed by atoms with Gasteiger partial charge in [-0.1, -0.05) is 0 Å². The predicted molar refractivity (Wildman–Crippen MR) is 100 cm³/mol. The highest BCUT2D eigenvalue weighted by molar-refractivity contribution is 14.1. The normalized spacial score (nSPS) is 10.6. The molecule has 0 saturated heterocycles. The molecule has 122 valence electrons. The number of halogens is 2. The standard InChI is InChI=1S/C17H12FIN2O2S/c18-11-3-1-10(2-4-11)16-21-13(9-24-16)8-23-17(22)14-7-12(19)5-6-15(14)20/h1-7,9H,8,20H2. The van der Waals surface area contributed by atoms with Gasteiger partial charge in [0.25, 0.3) is 0 Å². The second-order valence-corrected chi connectivity index (χ2v) is 7.06. The molecule has 0 aliphatic carbocycles.